The minimum atomic E-state index is -0.896. The lowest BCUT2D eigenvalue weighted by atomic mass is 10.1. The van der Waals surface area contributed by atoms with Crippen LogP contribution < -0.4 is 0 Å². The molecule has 2 heterocycles. The Morgan fingerprint density at radius 2 is 1.81 bits per heavy atom. The second-order valence-electron chi connectivity index (χ2n) is 5.94. The van der Waals surface area contributed by atoms with E-state index in [1.165, 1.54) is 0 Å². The van der Waals surface area contributed by atoms with E-state index >= 15 is 0 Å². The van der Waals surface area contributed by atoms with Crippen molar-refractivity contribution in [3.05, 3.63) is 0 Å². The van der Waals surface area contributed by atoms with E-state index < -0.39 is 47.5 Å². The van der Waals surface area contributed by atoms with E-state index in [0.717, 1.165) is 0 Å². The maximum Gasteiger partial charge on any atom is 0.508 e. The molecule has 14 nitrogen and oxygen atoms in total. The highest BCUT2D eigenvalue weighted by Crippen LogP contribution is 2.28. The SMILES string of the molecule is O=C(OCCCCC(CON(O)O)ON(O)O)O[C@@H]1CO[C@H]2[C@@H]1OC[C@H]2O. The van der Waals surface area contributed by atoms with Gasteiger partial charge in [-0.25, -0.2) is 14.5 Å². The highest BCUT2D eigenvalue weighted by Gasteiger charge is 2.49. The number of ether oxygens (including phenoxy) is 4. The van der Waals surface area contributed by atoms with Crippen molar-refractivity contribution in [3.8, 4) is 0 Å². The largest absolute Gasteiger partial charge is 0.508 e. The van der Waals surface area contributed by atoms with Crippen LogP contribution in [-0.4, -0.2) is 99.8 Å². The van der Waals surface area contributed by atoms with Crippen LogP contribution in [0.4, 0.5) is 4.79 Å². The number of hydrogen-bond acceptors (Lipinski definition) is 14. The van der Waals surface area contributed by atoms with Crippen LogP contribution in [0.1, 0.15) is 19.3 Å². The first kappa shape index (κ1) is 22.1. The monoisotopic (exact) mass is 400 g/mol. The van der Waals surface area contributed by atoms with Crippen molar-refractivity contribution >= 4 is 6.16 Å². The maximum absolute atomic E-state index is 11.7. The molecule has 2 fully saturated rings. The van der Waals surface area contributed by atoms with Gasteiger partial charge < -0.3 is 24.1 Å². The van der Waals surface area contributed by atoms with Gasteiger partial charge >= 0.3 is 6.16 Å². The molecule has 0 radical (unpaired) electrons. The van der Waals surface area contributed by atoms with Crippen LogP contribution in [0.2, 0.25) is 0 Å². The first-order valence-electron chi connectivity index (χ1n) is 8.27. The zero-order chi connectivity index (χ0) is 19.8. The average Bonchev–Trinajstić information content (AvgIpc) is 3.15. The number of rotatable bonds is 11. The summed E-state index contributed by atoms with van der Waals surface area (Å²) >= 11 is 0. The highest BCUT2D eigenvalue weighted by atomic mass is 17.1. The quantitative estimate of drug-likeness (QED) is 0.166. The number of aliphatic hydroxyl groups excluding tert-OH is 1. The summed E-state index contributed by atoms with van der Waals surface area (Å²) < 4.78 is 20.7. The lowest BCUT2D eigenvalue weighted by Crippen LogP contribution is -2.34. The predicted octanol–water partition coefficient (Wildman–Crippen LogP) is -0.770. The van der Waals surface area contributed by atoms with Crippen LogP contribution in [0.3, 0.4) is 0 Å². The Bertz CT molecular complexity index is 453. The Morgan fingerprint density at radius 1 is 1.07 bits per heavy atom. The summed E-state index contributed by atoms with van der Waals surface area (Å²) in [5.41, 5.74) is 0. The summed E-state index contributed by atoms with van der Waals surface area (Å²) in [7, 11) is 0. The van der Waals surface area contributed by atoms with Gasteiger partial charge in [-0.2, -0.15) is 0 Å². The molecule has 5 atom stereocenters. The molecule has 0 amide bonds. The van der Waals surface area contributed by atoms with Crippen molar-refractivity contribution in [1.82, 2.24) is 10.8 Å². The summed E-state index contributed by atoms with van der Waals surface area (Å²) in [6.45, 7) is -0.0953. The maximum atomic E-state index is 11.7. The summed E-state index contributed by atoms with van der Waals surface area (Å²) in [6.07, 6.45) is -3.13. The molecular formula is C13H24N2O12. The van der Waals surface area contributed by atoms with Crippen molar-refractivity contribution in [2.75, 3.05) is 26.4 Å². The third kappa shape index (κ3) is 7.40. The average molecular weight is 400 g/mol. The van der Waals surface area contributed by atoms with Gasteiger partial charge in [-0.15, -0.1) is 0 Å². The zero-order valence-corrected chi connectivity index (χ0v) is 14.3. The molecule has 2 rings (SSSR count). The van der Waals surface area contributed by atoms with Crippen LogP contribution in [-0.2, 0) is 28.6 Å². The fourth-order valence-corrected chi connectivity index (χ4v) is 2.78. The van der Waals surface area contributed by atoms with E-state index in [4.69, 9.17) is 39.8 Å². The van der Waals surface area contributed by atoms with Gasteiger partial charge in [0.15, 0.2) is 6.10 Å². The fraction of sp³-hybridized carbons (Fsp3) is 0.923. The van der Waals surface area contributed by atoms with Gasteiger partial charge in [0.05, 0.1) is 30.6 Å². The molecule has 0 spiro atoms. The third-order valence-electron chi connectivity index (χ3n) is 3.99. The number of nitrogens with zero attached hydrogens (tertiary/aromatic N) is 2. The van der Waals surface area contributed by atoms with Gasteiger partial charge in [0, 0.05) is 0 Å². The molecule has 1 unspecified atom stereocenters. The van der Waals surface area contributed by atoms with Crippen molar-refractivity contribution in [1.29, 1.82) is 0 Å². The molecule has 0 saturated carbocycles. The molecule has 2 aliphatic rings. The lowest BCUT2D eigenvalue weighted by molar-refractivity contribution is -0.527. The zero-order valence-electron chi connectivity index (χ0n) is 14.3. The molecule has 0 aromatic carbocycles. The number of carbonyl (C=O) groups excluding carboxylic acids is 1. The van der Waals surface area contributed by atoms with Gasteiger partial charge in [-0.3, -0.25) is 20.8 Å². The van der Waals surface area contributed by atoms with Crippen LogP contribution in [0.15, 0.2) is 0 Å². The molecule has 0 bridgehead atoms. The minimum Gasteiger partial charge on any atom is -0.434 e. The van der Waals surface area contributed by atoms with E-state index in [0.29, 0.717) is 12.8 Å². The van der Waals surface area contributed by atoms with E-state index in [-0.39, 0.29) is 32.8 Å². The Kier molecular flexibility index (Phi) is 9.00. The molecule has 0 aliphatic carbocycles. The van der Waals surface area contributed by atoms with Crippen molar-refractivity contribution < 1.29 is 59.4 Å². The first-order chi connectivity index (χ1) is 12.9. The second kappa shape index (κ2) is 11.0. The number of fused-ring (bicyclic) bond motifs is 1. The minimum absolute atomic E-state index is 0.0334. The van der Waals surface area contributed by atoms with E-state index in [9.17, 15) is 9.90 Å². The molecule has 0 aromatic rings. The fourth-order valence-electron chi connectivity index (χ4n) is 2.78. The summed E-state index contributed by atoms with van der Waals surface area (Å²) in [4.78, 5) is 20.6. The van der Waals surface area contributed by atoms with Crippen LogP contribution in [0.25, 0.3) is 0 Å². The molecular weight excluding hydrogens is 376 g/mol. The number of unbranched alkanes of at least 4 members (excludes halogenated alkanes) is 1. The highest BCUT2D eigenvalue weighted by molar-refractivity contribution is 5.60. The van der Waals surface area contributed by atoms with Crippen LogP contribution in [0, 0.1) is 0 Å². The number of carbonyl (C=O) groups is 1. The van der Waals surface area contributed by atoms with E-state index in [2.05, 4.69) is 9.68 Å². The topological polar surface area (TPSA) is 180 Å². The Morgan fingerprint density at radius 3 is 2.52 bits per heavy atom. The number of aliphatic hydroxyl groups is 1. The van der Waals surface area contributed by atoms with Gasteiger partial charge in [0.25, 0.3) is 0 Å². The summed E-state index contributed by atoms with van der Waals surface area (Å²) in [5.74, 6) is 0. The molecule has 158 valence electrons. The second-order valence-corrected chi connectivity index (χ2v) is 5.94. The lowest BCUT2D eigenvalue weighted by Gasteiger charge is -2.19. The van der Waals surface area contributed by atoms with Gasteiger partial charge in [-0.05, 0) is 19.3 Å². The summed E-state index contributed by atoms with van der Waals surface area (Å²) in [5, 5.41) is 42.8. The summed E-state index contributed by atoms with van der Waals surface area (Å²) in [6, 6.07) is 0. The Labute approximate surface area is 153 Å². The number of hydrogen-bond donors (Lipinski definition) is 5. The van der Waals surface area contributed by atoms with Crippen molar-refractivity contribution in [2.45, 2.75) is 49.8 Å². The van der Waals surface area contributed by atoms with E-state index in [1.54, 1.807) is 0 Å². The molecule has 14 heteroatoms. The van der Waals surface area contributed by atoms with Crippen molar-refractivity contribution in [2.24, 2.45) is 0 Å². The van der Waals surface area contributed by atoms with Gasteiger partial charge in [0.1, 0.15) is 31.0 Å². The first-order valence-corrected chi connectivity index (χ1v) is 8.27. The smallest absolute Gasteiger partial charge is 0.434 e. The molecule has 2 aliphatic heterocycles. The normalized spacial score (nSPS) is 28.6. The van der Waals surface area contributed by atoms with Crippen molar-refractivity contribution in [3.63, 3.8) is 0 Å². The third-order valence-corrected chi connectivity index (χ3v) is 3.99. The Hall–Kier alpha value is -1.17. The standard InChI is InChI=1S/C13H24N2O12/c16-9-6-23-12-10(7-24-11(9)12)26-13(17)22-4-2-1-3-8(27-15(20)21)5-25-14(18)19/h8-12,16,18-21H,1-7H2/t8?,9-,10-,11-,12-/m1/s1. The predicted molar refractivity (Wildman–Crippen MR) is 77.2 cm³/mol. The Balaban J connectivity index is 1.58. The molecule has 5 N–H and O–H groups in total. The molecule has 2 saturated heterocycles. The van der Waals surface area contributed by atoms with Crippen LogP contribution in [0.5, 0.6) is 0 Å². The molecule has 27 heavy (non-hydrogen) atoms. The van der Waals surface area contributed by atoms with Crippen LogP contribution >= 0.6 is 0 Å². The molecule has 0 aromatic heterocycles. The van der Waals surface area contributed by atoms with Gasteiger partial charge in [0.2, 0.25) is 0 Å². The van der Waals surface area contributed by atoms with Gasteiger partial charge in [-0.1, -0.05) is 0 Å². The van der Waals surface area contributed by atoms with E-state index in [1.807, 2.05) is 0 Å².